The van der Waals surface area contributed by atoms with Gasteiger partial charge in [-0.3, -0.25) is 14.4 Å². The number of hydrogen-bond acceptors (Lipinski definition) is 4. The molecule has 176 valence electrons. The molecule has 2 aromatic carbocycles. The van der Waals surface area contributed by atoms with Gasteiger partial charge in [-0.1, -0.05) is 30.3 Å². The van der Waals surface area contributed by atoms with E-state index in [1.807, 2.05) is 73.3 Å². The van der Waals surface area contributed by atoms with Crippen molar-refractivity contribution in [3.63, 3.8) is 0 Å². The van der Waals surface area contributed by atoms with Crippen LogP contribution in [0.25, 0.3) is 0 Å². The van der Waals surface area contributed by atoms with Gasteiger partial charge in [-0.2, -0.15) is 0 Å². The van der Waals surface area contributed by atoms with Crippen LogP contribution in [-0.2, 0) is 20.8 Å². The lowest BCUT2D eigenvalue weighted by Gasteiger charge is -2.31. The molecule has 0 unspecified atom stereocenters. The Morgan fingerprint density at radius 2 is 1.67 bits per heavy atom. The number of carbonyl (C=O) groups is 3. The van der Waals surface area contributed by atoms with Gasteiger partial charge in [0.15, 0.2) is 0 Å². The minimum atomic E-state index is -0.119. The van der Waals surface area contributed by atoms with Crippen LogP contribution >= 0.6 is 0 Å². The first-order valence-electron chi connectivity index (χ1n) is 11.6. The number of hydrogen-bond donors (Lipinski definition) is 2. The van der Waals surface area contributed by atoms with Crippen molar-refractivity contribution in [3.05, 3.63) is 60.2 Å². The minimum Gasteiger partial charge on any atom is -0.493 e. The second-order valence-corrected chi connectivity index (χ2v) is 8.65. The molecule has 0 saturated carbocycles. The van der Waals surface area contributed by atoms with Crippen LogP contribution in [0.3, 0.4) is 0 Å². The van der Waals surface area contributed by atoms with E-state index >= 15 is 0 Å². The maximum absolute atomic E-state index is 12.7. The molecule has 1 heterocycles. The van der Waals surface area contributed by atoms with E-state index < -0.39 is 0 Å². The number of amides is 3. The molecule has 7 nitrogen and oxygen atoms in total. The zero-order valence-electron chi connectivity index (χ0n) is 19.4. The van der Waals surface area contributed by atoms with Crippen molar-refractivity contribution in [3.8, 4) is 5.75 Å². The molecular weight excluding hydrogens is 418 g/mol. The molecule has 33 heavy (non-hydrogen) atoms. The Morgan fingerprint density at radius 3 is 2.30 bits per heavy atom. The van der Waals surface area contributed by atoms with Gasteiger partial charge in [0, 0.05) is 30.7 Å². The van der Waals surface area contributed by atoms with Gasteiger partial charge < -0.3 is 20.3 Å². The normalized spacial score (nSPS) is 14.1. The Bertz CT molecular complexity index is 920. The molecule has 0 spiro atoms. The van der Waals surface area contributed by atoms with E-state index in [0.717, 1.165) is 11.3 Å². The third-order valence-corrected chi connectivity index (χ3v) is 5.58. The number of rotatable bonds is 9. The molecule has 2 aromatic rings. The summed E-state index contributed by atoms with van der Waals surface area (Å²) in [5.74, 6) is 0.648. The molecule has 0 radical (unpaired) electrons. The van der Waals surface area contributed by atoms with E-state index in [4.69, 9.17) is 4.74 Å². The fraction of sp³-hybridized carbons (Fsp3) is 0.423. The highest BCUT2D eigenvalue weighted by Crippen LogP contribution is 2.21. The summed E-state index contributed by atoms with van der Waals surface area (Å²) in [6.07, 6.45) is 1.93. The van der Waals surface area contributed by atoms with Crippen LogP contribution in [0, 0.1) is 5.92 Å². The number of ether oxygens (including phenoxy) is 1. The van der Waals surface area contributed by atoms with Gasteiger partial charge >= 0.3 is 0 Å². The molecule has 1 aliphatic rings. The Labute approximate surface area is 195 Å². The summed E-state index contributed by atoms with van der Waals surface area (Å²) in [6, 6.07) is 16.9. The molecule has 0 atom stereocenters. The van der Waals surface area contributed by atoms with E-state index in [2.05, 4.69) is 10.6 Å². The lowest BCUT2D eigenvalue weighted by atomic mass is 9.95. The second-order valence-electron chi connectivity index (χ2n) is 8.65. The van der Waals surface area contributed by atoms with Crippen molar-refractivity contribution in [2.45, 2.75) is 45.6 Å². The van der Waals surface area contributed by atoms with Gasteiger partial charge in [0.2, 0.25) is 17.7 Å². The van der Waals surface area contributed by atoms with Crippen LogP contribution in [-0.4, -0.2) is 48.4 Å². The zero-order chi connectivity index (χ0) is 23.6. The number of benzene rings is 2. The summed E-state index contributed by atoms with van der Waals surface area (Å²) in [7, 11) is 0. The van der Waals surface area contributed by atoms with Crippen LogP contribution in [0.1, 0.15) is 38.7 Å². The average Bonchev–Trinajstić information content (AvgIpc) is 2.80. The summed E-state index contributed by atoms with van der Waals surface area (Å²) >= 11 is 0. The third kappa shape index (κ3) is 7.93. The van der Waals surface area contributed by atoms with Gasteiger partial charge in [-0.25, -0.2) is 0 Å². The van der Waals surface area contributed by atoms with E-state index in [0.29, 0.717) is 51.1 Å². The quantitative estimate of drug-likeness (QED) is 0.612. The topological polar surface area (TPSA) is 87.7 Å². The highest BCUT2D eigenvalue weighted by molar-refractivity contribution is 5.92. The number of anilines is 1. The molecule has 1 fully saturated rings. The summed E-state index contributed by atoms with van der Waals surface area (Å²) in [6.45, 7) is 5.35. The standard InChI is InChI=1S/C26H33N3O4/c1-19(2)27-24(30)18-20-8-10-22(11-9-20)28-26(32)21-12-15-29(16-13-21)25(31)14-17-33-23-6-4-3-5-7-23/h3-11,19,21H,12-18H2,1-2H3,(H,27,30)(H,28,32). The fourth-order valence-corrected chi connectivity index (χ4v) is 3.83. The van der Waals surface area contributed by atoms with Crippen LogP contribution in [0.2, 0.25) is 0 Å². The van der Waals surface area contributed by atoms with Gasteiger partial charge in [0.05, 0.1) is 19.4 Å². The lowest BCUT2D eigenvalue weighted by molar-refractivity contribution is -0.135. The van der Waals surface area contributed by atoms with Crippen molar-refractivity contribution in [2.24, 2.45) is 5.92 Å². The molecular formula is C26H33N3O4. The monoisotopic (exact) mass is 451 g/mol. The van der Waals surface area contributed by atoms with Crippen molar-refractivity contribution in [1.29, 1.82) is 0 Å². The van der Waals surface area contributed by atoms with Crippen LogP contribution in [0.5, 0.6) is 5.75 Å². The largest absolute Gasteiger partial charge is 0.493 e. The van der Waals surface area contributed by atoms with Gasteiger partial charge in [-0.15, -0.1) is 0 Å². The number of nitrogens with zero attached hydrogens (tertiary/aromatic N) is 1. The number of carbonyl (C=O) groups excluding carboxylic acids is 3. The molecule has 0 aromatic heterocycles. The Balaban J connectivity index is 1.38. The number of para-hydroxylation sites is 1. The molecule has 7 heteroatoms. The summed E-state index contributed by atoms with van der Waals surface area (Å²) < 4.78 is 5.61. The van der Waals surface area contributed by atoms with Gasteiger partial charge in [0.25, 0.3) is 0 Å². The average molecular weight is 452 g/mol. The molecule has 3 amide bonds. The van der Waals surface area contributed by atoms with E-state index in [1.165, 1.54) is 0 Å². The molecule has 1 saturated heterocycles. The highest BCUT2D eigenvalue weighted by Gasteiger charge is 2.27. The van der Waals surface area contributed by atoms with Gasteiger partial charge in [-0.05, 0) is 56.5 Å². The van der Waals surface area contributed by atoms with E-state index in [9.17, 15) is 14.4 Å². The SMILES string of the molecule is CC(C)NC(=O)Cc1ccc(NC(=O)C2CCN(C(=O)CCOc3ccccc3)CC2)cc1. The van der Waals surface area contributed by atoms with Gasteiger partial charge in [0.1, 0.15) is 5.75 Å². The Kier molecular flexibility index (Phi) is 8.87. The molecule has 2 N–H and O–H groups in total. The maximum atomic E-state index is 12.7. The molecule has 0 bridgehead atoms. The van der Waals surface area contributed by atoms with Crippen molar-refractivity contribution in [1.82, 2.24) is 10.2 Å². The predicted molar refractivity (Wildman–Crippen MR) is 128 cm³/mol. The highest BCUT2D eigenvalue weighted by atomic mass is 16.5. The maximum Gasteiger partial charge on any atom is 0.227 e. The first kappa shape index (κ1) is 24.3. The molecule has 3 rings (SSSR count). The van der Waals surface area contributed by atoms with E-state index in [-0.39, 0.29) is 29.7 Å². The van der Waals surface area contributed by atoms with Crippen LogP contribution < -0.4 is 15.4 Å². The molecule has 0 aliphatic carbocycles. The Morgan fingerprint density at radius 1 is 1.00 bits per heavy atom. The van der Waals surface area contributed by atoms with Crippen molar-refractivity contribution in [2.75, 3.05) is 25.0 Å². The second kappa shape index (κ2) is 12.0. The van der Waals surface area contributed by atoms with Crippen LogP contribution in [0.4, 0.5) is 5.69 Å². The third-order valence-electron chi connectivity index (χ3n) is 5.58. The Hall–Kier alpha value is -3.35. The van der Waals surface area contributed by atoms with Crippen molar-refractivity contribution < 1.29 is 19.1 Å². The first-order chi connectivity index (χ1) is 15.9. The van der Waals surface area contributed by atoms with Crippen LogP contribution in [0.15, 0.2) is 54.6 Å². The zero-order valence-corrected chi connectivity index (χ0v) is 19.4. The predicted octanol–water partition coefficient (Wildman–Crippen LogP) is 3.40. The minimum absolute atomic E-state index is 0.0188. The first-order valence-corrected chi connectivity index (χ1v) is 11.6. The fourth-order valence-electron chi connectivity index (χ4n) is 3.83. The lowest BCUT2D eigenvalue weighted by Crippen LogP contribution is -2.41. The van der Waals surface area contributed by atoms with E-state index in [1.54, 1.807) is 0 Å². The van der Waals surface area contributed by atoms with Crippen molar-refractivity contribution >= 4 is 23.4 Å². The smallest absolute Gasteiger partial charge is 0.227 e. The number of likely N-dealkylation sites (tertiary alicyclic amines) is 1. The summed E-state index contributed by atoms with van der Waals surface area (Å²) in [5, 5.41) is 5.83. The number of nitrogens with one attached hydrogen (secondary N) is 2. The summed E-state index contributed by atoms with van der Waals surface area (Å²) in [5.41, 5.74) is 1.61. The molecule has 1 aliphatic heterocycles. The number of piperidine rings is 1. The summed E-state index contributed by atoms with van der Waals surface area (Å²) in [4.78, 5) is 38.8.